The fourth-order valence-electron chi connectivity index (χ4n) is 3.39. The monoisotopic (exact) mass is 320 g/mol. The lowest BCUT2D eigenvalue weighted by atomic mass is 9.91. The molecule has 5 nitrogen and oxygen atoms in total. The van der Waals surface area contributed by atoms with Gasteiger partial charge in [0.1, 0.15) is 12.1 Å². The number of ether oxygens (including phenoxy) is 1. The Morgan fingerprint density at radius 2 is 1.92 bits per heavy atom. The average molecular weight is 320 g/mol. The maximum absolute atomic E-state index is 5.26. The van der Waals surface area contributed by atoms with Crippen LogP contribution in [0.5, 0.6) is 5.75 Å². The molecule has 2 heterocycles. The molecule has 122 valence electrons. The number of hydrogen-bond acceptors (Lipinski definition) is 4. The van der Waals surface area contributed by atoms with Crippen molar-refractivity contribution in [2.45, 2.75) is 25.4 Å². The van der Waals surface area contributed by atoms with Crippen molar-refractivity contribution < 1.29 is 4.74 Å². The van der Waals surface area contributed by atoms with Gasteiger partial charge in [-0.2, -0.15) is 10.1 Å². The third kappa shape index (κ3) is 2.52. The Kier molecular flexibility index (Phi) is 3.69. The Bertz CT molecular complexity index is 841. The lowest BCUT2D eigenvalue weighted by Crippen LogP contribution is -2.28. The predicted molar refractivity (Wildman–Crippen MR) is 93.3 cm³/mol. The molecule has 1 aliphatic rings. The Labute approximate surface area is 141 Å². The second-order valence-corrected chi connectivity index (χ2v) is 6.11. The van der Waals surface area contributed by atoms with Crippen LogP contribution in [0.2, 0.25) is 0 Å². The summed E-state index contributed by atoms with van der Waals surface area (Å²) < 4.78 is 7.25. The minimum atomic E-state index is 0.178. The van der Waals surface area contributed by atoms with Gasteiger partial charge in [-0.15, -0.1) is 0 Å². The molecule has 4 rings (SSSR count). The van der Waals surface area contributed by atoms with Gasteiger partial charge < -0.3 is 10.1 Å². The van der Waals surface area contributed by atoms with Gasteiger partial charge in [-0.3, -0.25) is 0 Å². The van der Waals surface area contributed by atoms with E-state index in [0.717, 1.165) is 18.1 Å². The fraction of sp³-hybridized carbons (Fsp3) is 0.263. The zero-order chi connectivity index (χ0) is 16.5. The average Bonchev–Trinajstić information content (AvgIpc) is 3.10. The van der Waals surface area contributed by atoms with E-state index in [4.69, 9.17) is 4.74 Å². The molecule has 1 N–H and O–H groups in total. The maximum Gasteiger partial charge on any atom is 0.222 e. The lowest BCUT2D eigenvalue weighted by Gasteiger charge is -2.32. The summed E-state index contributed by atoms with van der Waals surface area (Å²) in [6.45, 7) is 2.15. The number of fused-ring (bicyclic) bond motifs is 1. The van der Waals surface area contributed by atoms with Gasteiger partial charge in [0, 0.05) is 0 Å². The van der Waals surface area contributed by atoms with Crippen molar-refractivity contribution >= 4 is 5.95 Å². The normalized spacial score (nSPS) is 19.4. The van der Waals surface area contributed by atoms with E-state index in [1.54, 1.807) is 13.4 Å². The summed E-state index contributed by atoms with van der Waals surface area (Å²) in [5.41, 5.74) is 3.80. The van der Waals surface area contributed by atoms with Gasteiger partial charge in [-0.05, 0) is 42.2 Å². The second kappa shape index (κ2) is 6.00. The molecule has 5 heteroatoms. The number of nitrogens with one attached hydrogen (secondary N) is 1. The molecule has 3 aromatic rings. The fourth-order valence-corrected chi connectivity index (χ4v) is 3.39. The van der Waals surface area contributed by atoms with Crippen LogP contribution in [-0.4, -0.2) is 21.9 Å². The number of hydrogen-bond donors (Lipinski definition) is 1. The molecule has 0 bridgehead atoms. The van der Waals surface area contributed by atoms with E-state index in [-0.39, 0.29) is 12.1 Å². The van der Waals surface area contributed by atoms with Gasteiger partial charge in [0.15, 0.2) is 0 Å². The molecular formula is C19H20N4O. The highest BCUT2D eigenvalue weighted by Gasteiger charge is 2.30. The maximum atomic E-state index is 5.26. The van der Waals surface area contributed by atoms with Gasteiger partial charge in [0.2, 0.25) is 5.95 Å². The summed E-state index contributed by atoms with van der Waals surface area (Å²) in [5.74, 6) is 1.68. The molecule has 0 amide bonds. The van der Waals surface area contributed by atoms with Gasteiger partial charge in [-0.25, -0.2) is 4.68 Å². The lowest BCUT2D eigenvalue weighted by molar-refractivity contribution is 0.413. The van der Waals surface area contributed by atoms with Crippen molar-refractivity contribution in [2.24, 2.45) is 0 Å². The van der Waals surface area contributed by atoms with Crippen LogP contribution in [0.3, 0.4) is 0 Å². The van der Waals surface area contributed by atoms with E-state index < -0.39 is 0 Å². The number of aromatic nitrogens is 3. The molecular weight excluding hydrogens is 300 g/mol. The van der Waals surface area contributed by atoms with Gasteiger partial charge in [-0.1, -0.05) is 36.4 Å². The van der Waals surface area contributed by atoms with Crippen molar-refractivity contribution in [2.75, 3.05) is 12.4 Å². The summed E-state index contributed by atoms with van der Waals surface area (Å²) in [6.07, 6.45) is 2.54. The number of anilines is 1. The largest absolute Gasteiger partial charge is 0.497 e. The molecule has 0 saturated heterocycles. The number of methoxy groups -OCH3 is 1. The van der Waals surface area contributed by atoms with Crippen LogP contribution in [0.15, 0.2) is 54.9 Å². The molecule has 0 spiro atoms. The molecule has 0 radical (unpaired) electrons. The third-order valence-electron chi connectivity index (χ3n) is 4.70. The highest BCUT2D eigenvalue weighted by atomic mass is 16.5. The molecule has 2 aromatic carbocycles. The van der Waals surface area contributed by atoms with Crippen LogP contribution in [0, 0.1) is 6.92 Å². The van der Waals surface area contributed by atoms with E-state index >= 15 is 0 Å². The third-order valence-corrected chi connectivity index (χ3v) is 4.70. The smallest absolute Gasteiger partial charge is 0.222 e. The summed E-state index contributed by atoms with van der Waals surface area (Å²) >= 11 is 0. The zero-order valence-corrected chi connectivity index (χ0v) is 13.8. The topological polar surface area (TPSA) is 52.0 Å². The quantitative estimate of drug-likeness (QED) is 0.799. The summed E-state index contributed by atoms with van der Waals surface area (Å²) in [7, 11) is 1.69. The van der Waals surface area contributed by atoms with Crippen LogP contribution in [0.25, 0.3) is 0 Å². The number of aryl methyl sites for hydroxylation is 1. The zero-order valence-electron chi connectivity index (χ0n) is 13.8. The number of benzene rings is 2. The molecule has 24 heavy (non-hydrogen) atoms. The van der Waals surface area contributed by atoms with E-state index in [2.05, 4.69) is 58.7 Å². The van der Waals surface area contributed by atoms with Crippen molar-refractivity contribution in [1.82, 2.24) is 14.8 Å². The van der Waals surface area contributed by atoms with E-state index in [1.807, 2.05) is 16.8 Å². The van der Waals surface area contributed by atoms with E-state index in [1.165, 1.54) is 16.7 Å². The molecule has 1 aromatic heterocycles. The van der Waals surface area contributed by atoms with Gasteiger partial charge >= 0.3 is 0 Å². The number of rotatable bonds is 3. The predicted octanol–water partition coefficient (Wildman–Crippen LogP) is 3.74. The van der Waals surface area contributed by atoms with Gasteiger partial charge in [0.25, 0.3) is 0 Å². The molecule has 2 atom stereocenters. The van der Waals surface area contributed by atoms with Gasteiger partial charge in [0.05, 0.1) is 19.2 Å². The highest BCUT2D eigenvalue weighted by Crippen LogP contribution is 2.38. The molecule has 0 fully saturated rings. The first-order valence-corrected chi connectivity index (χ1v) is 8.12. The van der Waals surface area contributed by atoms with Crippen LogP contribution in [0.1, 0.15) is 35.2 Å². The van der Waals surface area contributed by atoms with Crippen molar-refractivity contribution in [1.29, 1.82) is 0 Å². The summed E-state index contributed by atoms with van der Waals surface area (Å²) in [6, 6.07) is 17.1. The van der Waals surface area contributed by atoms with Crippen molar-refractivity contribution in [3.63, 3.8) is 0 Å². The minimum absolute atomic E-state index is 0.178. The van der Waals surface area contributed by atoms with Crippen LogP contribution < -0.4 is 10.1 Å². The Morgan fingerprint density at radius 1 is 1.12 bits per heavy atom. The van der Waals surface area contributed by atoms with Crippen LogP contribution in [0.4, 0.5) is 5.95 Å². The standard InChI is InChI=1S/C19H20N4O/c1-13-5-3-4-6-16(13)18-11-17(22-19-20-12-21-23(18)19)14-7-9-15(24-2)10-8-14/h3-10,12,17-18H,11H2,1-2H3,(H,20,21,22)/t17-,18-/m1/s1. The summed E-state index contributed by atoms with van der Waals surface area (Å²) in [5, 5.41) is 7.93. The Balaban J connectivity index is 1.72. The van der Waals surface area contributed by atoms with Crippen LogP contribution in [-0.2, 0) is 0 Å². The highest BCUT2D eigenvalue weighted by molar-refractivity contribution is 5.41. The van der Waals surface area contributed by atoms with Crippen molar-refractivity contribution in [3.05, 3.63) is 71.5 Å². The first-order valence-electron chi connectivity index (χ1n) is 8.12. The first-order chi connectivity index (χ1) is 11.8. The molecule has 1 aliphatic heterocycles. The van der Waals surface area contributed by atoms with E-state index in [9.17, 15) is 0 Å². The first kappa shape index (κ1) is 14.8. The summed E-state index contributed by atoms with van der Waals surface area (Å²) in [4.78, 5) is 4.39. The van der Waals surface area contributed by atoms with Crippen molar-refractivity contribution in [3.8, 4) is 5.75 Å². The molecule has 0 aliphatic carbocycles. The Hall–Kier alpha value is -2.82. The second-order valence-electron chi connectivity index (χ2n) is 6.11. The van der Waals surface area contributed by atoms with E-state index in [0.29, 0.717) is 0 Å². The minimum Gasteiger partial charge on any atom is -0.497 e. The number of nitrogens with zero attached hydrogens (tertiary/aromatic N) is 3. The SMILES string of the molecule is COc1ccc([C@H]2C[C@H](c3ccccc3C)n3ncnc3N2)cc1. The molecule has 0 saturated carbocycles. The van der Waals surface area contributed by atoms with Crippen LogP contribution >= 0.6 is 0 Å². The Morgan fingerprint density at radius 3 is 2.67 bits per heavy atom. The molecule has 0 unspecified atom stereocenters.